The molecule has 1 N–H and O–H groups in total. The first-order valence-electron chi connectivity index (χ1n) is 5.37. The number of methoxy groups -OCH3 is 1. The number of rotatable bonds is 4. The Kier molecular flexibility index (Phi) is 4.68. The normalized spacial score (nSPS) is 35.7. The maximum Gasteiger partial charge on any atom is 0.108 e. The predicted octanol–water partition coefficient (Wildman–Crippen LogP) is 2.90. The van der Waals surface area contributed by atoms with Crippen LogP contribution in [0.2, 0.25) is 0 Å². The third kappa shape index (κ3) is 2.99. The highest BCUT2D eigenvalue weighted by atomic mass is 35.5. The summed E-state index contributed by atoms with van der Waals surface area (Å²) in [6.45, 7) is 5.07. The lowest BCUT2D eigenvalue weighted by Crippen LogP contribution is -2.40. The minimum absolute atomic E-state index is 0.0342. The molecule has 1 aliphatic rings. The van der Waals surface area contributed by atoms with Gasteiger partial charge in [0.25, 0.3) is 0 Å². The van der Waals surface area contributed by atoms with Crippen molar-refractivity contribution >= 4 is 11.6 Å². The molecule has 3 atom stereocenters. The van der Waals surface area contributed by atoms with Crippen LogP contribution >= 0.6 is 11.6 Å². The van der Waals surface area contributed by atoms with Crippen molar-refractivity contribution in [3.63, 3.8) is 0 Å². The molecule has 0 aromatic heterocycles. The summed E-state index contributed by atoms with van der Waals surface area (Å²) in [6.07, 6.45) is 9.43. The quantitative estimate of drug-likeness (QED) is 0.455. The van der Waals surface area contributed by atoms with E-state index >= 15 is 0 Å². The average Bonchev–Trinajstić information content (AvgIpc) is 2.23. The fourth-order valence-electron chi connectivity index (χ4n) is 1.85. The van der Waals surface area contributed by atoms with Gasteiger partial charge >= 0.3 is 0 Å². The molecule has 0 aromatic carbocycles. The van der Waals surface area contributed by atoms with Crippen molar-refractivity contribution in [1.29, 1.82) is 0 Å². The molecule has 0 amide bonds. The van der Waals surface area contributed by atoms with E-state index in [1.165, 1.54) is 0 Å². The Morgan fingerprint density at radius 2 is 2.33 bits per heavy atom. The van der Waals surface area contributed by atoms with Gasteiger partial charge < -0.3 is 10.1 Å². The van der Waals surface area contributed by atoms with Crippen LogP contribution in [0.15, 0.2) is 24.4 Å². The Bertz CT molecular complexity index is 252. The lowest BCUT2D eigenvalue weighted by atomic mass is 9.73. The van der Waals surface area contributed by atoms with E-state index < -0.39 is 0 Å². The number of nitrogens with one attached hydrogen (secondary N) is 1. The van der Waals surface area contributed by atoms with E-state index in [-0.39, 0.29) is 10.9 Å². The van der Waals surface area contributed by atoms with E-state index in [1.54, 1.807) is 7.11 Å². The Morgan fingerprint density at radius 3 is 2.93 bits per heavy atom. The molecule has 1 heterocycles. The van der Waals surface area contributed by atoms with Crippen molar-refractivity contribution in [2.24, 2.45) is 11.3 Å². The summed E-state index contributed by atoms with van der Waals surface area (Å²) in [4.78, 5) is 0. The third-order valence-corrected chi connectivity index (χ3v) is 3.56. The van der Waals surface area contributed by atoms with Crippen LogP contribution in [0.5, 0.6) is 0 Å². The molecular formula is C12H20ClNO. The largest absolute Gasteiger partial charge is 0.381 e. The molecule has 0 fully saturated rings. The fraction of sp³-hybridized carbons (Fsp3) is 0.667. The molecule has 1 rings (SSSR count). The first kappa shape index (κ1) is 12.6. The van der Waals surface area contributed by atoms with Gasteiger partial charge in [0.2, 0.25) is 0 Å². The topological polar surface area (TPSA) is 21.3 Å². The van der Waals surface area contributed by atoms with Crippen molar-refractivity contribution < 1.29 is 4.74 Å². The van der Waals surface area contributed by atoms with Crippen molar-refractivity contribution in [2.45, 2.75) is 25.8 Å². The highest BCUT2D eigenvalue weighted by Crippen LogP contribution is 2.39. The molecule has 0 bridgehead atoms. The molecule has 15 heavy (non-hydrogen) atoms. The molecule has 0 aliphatic carbocycles. The minimum atomic E-state index is -0.0342. The van der Waals surface area contributed by atoms with Gasteiger partial charge in [-0.25, -0.2) is 0 Å². The second-order valence-corrected chi connectivity index (χ2v) is 4.64. The summed E-state index contributed by atoms with van der Waals surface area (Å²) in [5.74, 6) is 0.310. The van der Waals surface area contributed by atoms with Crippen LogP contribution in [0.3, 0.4) is 0 Å². The average molecular weight is 230 g/mol. The van der Waals surface area contributed by atoms with Gasteiger partial charge in [-0.3, -0.25) is 0 Å². The molecule has 3 heteroatoms. The van der Waals surface area contributed by atoms with Gasteiger partial charge in [-0.1, -0.05) is 43.7 Å². The molecule has 0 saturated heterocycles. The standard InChI is InChI=1S/C12H20ClNO/c1-4-12(2)7-8-14-11(13)10(12)6-5-9-15-3/h5-8,10-11,14H,4,9H2,1-3H3/b6-5-/t10-,11-,12?/m0/s1. The molecule has 0 aromatic rings. The van der Waals surface area contributed by atoms with Crippen LogP contribution in [0.1, 0.15) is 20.3 Å². The monoisotopic (exact) mass is 229 g/mol. The second-order valence-electron chi connectivity index (χ2n) is 4.17. The Balaban J connectivity index is 2.76. The van der Waals surface area contributed by atoms with E-state index in [2.05, 4.69) is 31.3 Å². The van der Waals surface area contributed by atoms with Gasteiger partial charge in [0.15, 0.2) is 0 Å². The van der Waals surface area contributed by atoms with Crippen LogP contribution in [0.4, 0.5) is 0 Å². The lowest BCUT2D eigenvalue weighted by molar-refractivity contribution is 0.229. The Hall–Kier alpha value is -0.470. The molecule has 1 aliphatic heterocycles. The number of ether oxygens (including phenoxy) is 1. The SMILES string of the molecule is CCC1(C)C=CN[C@H](Cl)[C@@H]1/C=C\COC. The summed E-state index contributed by atoms with van der Waals surface area (Å²) in [5.41, 5.74) is 0.107. The highest BCUT2D eigenvalue weighted by Gasteiger charge is 2.35. The van der Waals surface area contributed by atoms with Crippen molar-refractivity contribution in [3.8, 4) is 0 Å². The first-order valence-corrected chi connectivity index (χ1v) is 5.81. The third-order valence-electron chi connectivity index (χ3n) is 3.16. The van der Waals surface area contributed by atoms with E-state index in [9.17, 15) is 0 Å². The summed E-state index contributed by atoms with van der Waals surface area (Å²) < 4.78 is 5.00. The van der Waals surface area contributed by atoms with Crippen molar-refractivity contribution in [1.82, 2.24) is 5.32 Å². The van der Waals surface area contributed by atoms with Gasteiger partial charge in [-0.2, -0.15) is 0 Å². The zero-order valence-corrected chi connectivity index (χ0v) is 10.4. The van der Waals surface area contributed by atoms with Gasteiger partial charge in [0.05, 0.1) is 6.61 Å². The smallest absolute Gasteiger partial charge is 0.108 e. The van der Waals surface area contributed by atoms with Crippen LogP contribution in [0.25, 0.3) is 0 Å². The van der Waals surface area contributed by atoms with E-state index in [0.29, 0.717) is 12.5 Å². The first-order chi connectivity index (χ1) is 7.14. The Labute approximate surface area is 97.3 Å². The Morgan fingerprint density at radius 1 is 1.60 bits per heavy atom. The van der Waals surface area contributed by atoms with Crippen LogP contribution < -0.4 is 5.32 Å². The van der Waals surface area contributed by atoms with Gasteiger partial charge in [0.1, 0.15) is 5.50 Å². The minimum Gasteiger partial charge on any atom is -0.381 e. The number of halogens is 1. The van der Waals surface area contributed by atoms with Crippen LogP contribution in [0, 0.1) is 11.3 Å². The van der Waals surface area contributed by atoms with Crippen molar-refractivity contribution in [2.75, 3.05) is 13.7 Å². The van der Waals surface area contributed by atoms with Gasteiger partial charge in [0, 0.05) is 13.0 Å². The number of allylic oxidation sites excluding steroid dienone is 1. The van der Waals surface area contributed by atoms with Crippen molar-refractivity contribution in [3.05, 3.63) is 24.4 Å². The van der Waals surface area contributed by atoms with Gasteiger partial charge in [-0.15, -0.1) is 0 Å². The molecule has 2 nitrogen and oxygen atoms in total. The maximum absolute atomic E-state index is 6.27. The molecule has 0 saturated carbocycles. The molecular weight excluding hydrogens is 210 g/mol. The van der Waals surface area contributed by atoms with E-state index in [0.717, 1.165) is 6.42 Å². The van der Waals surface area contributed by atoms with E-state index in [1.807, 2.05) is 12.3 Å². The zero-order chi connectivity index (χ0) is 11.3. The lowest BCUT2D eigenvalue weighted by Gasteiger charge is -2.39. The maximum atomic E-state index is 6.27. The van der Waals surface area contributed by atoms with Crippen LogP contribution in [-0.2, 0) is 4.74 Å². The molecule has 0 radical (unpaired) electrons. The zero-order valence-electron chi connectivity index (χ0n) is 9.66. The summed E-state index contributed by atoms with van der Waals surface area (Å²) in [6, 6.07) is 0. The molecule has 1 unspecified atom stereocenters. The van der Waals surface area contributed by atoms with Crippen LogP contribution in [-0.4, -0.2) is 19.2 Å². The summed E-state index contributed by atoms with van der Waals surface area (Å²) >= 11 is 6.27. The summed E-state index contributed by atoms with van der Waals surface area (Å²) in [7, 11) is 1.69. The van der Waals surface area contributed by atoms with Gasteiger partial charge in [-0.05, 0) is 18.0 Å². The number of hydrogen-bond acceptors (Lipinski definition) is 2. The van der Waals surface area contributed by atoms with E-state index in [4.69, 9.17) is 16.3 Å². The highest BCUT2D eigenvalue weighted by molar-refractivity contribution is 6.20. The predicted molar refractivity (Wildman–Crippen MR) is 64.8 cm³/mol. The summed E-state index contributed by atoms with van der Waals surface area (Å²) in [5, 5.41) is 3.14. The fourth-order valence-corrected chi connectivity index (χ4v) is 2.29. The number of alkyl halides is 1. The second kappa shape index (κ2) is 5.57. The number of hydrogen-bond donors (Lipinski definition) is 1. The molecule has 0 spiro atoms. The molecule has 86 valence electrons.